The molecule has 2 N–H and O–H groups in total. The number of esters is 1. The molecular weight excluding hydrogens is 402 g/mol. The Hall–Kier alpha value is -2.53. The fourth-order valence-corrected chi connectivity index (χ4v) is 3.48. The van der Waals surface area contributed by atoms with Crippen molar-refractivity contribution in [2.75, 3.05) is 23.0 Å². The van der Waals surface area contributed by atoms with Crippen LogP contribution in [0.3, 0.4) is 0 Å². The number of anilines is 2. The van der Waals surface area contributed by atoms with Crippen LogP contribution in [0, 0.1) is 5.92 Å². The molecule has 2 amide bonds. The number of ether oxygens (including phenoxy) is 1. The lowest BCUT2D eigenvalue weighted by Gasteiger charge is -2.04. The number of hydrogen-bond acceptors (Lipinski definition) is 9. The van der Waals surface area contributed by atoms with Gasteiger partial charge in [0.1, 0.15) is 5.03 Å². The summed E-state index contributed by atoms with van der Waals surface area (Å²) >= 11 is 2.47. The molecule has 1 aliphatic rings. The first kappa shape index (κ1) is 20.2. The van der Waals surface area contributed by atoms with Gasteiger partial charge in [-0.05, 0) is 31.9 Å². The molecule has 1 saturated carbocycles. The Morgan fingerprint density at radius 2 is 2.07 bits per heavy atom. The van der Waals surface area contributed by atoms with E-state index in [4.69, 9.17) is 4.74 Å². The highest BCUT2D eigenvalue weighted by molar-refractivity contribution is 7.99. The van der Waals surface area contributed by atoms with Crippen molar-refractivity contribution in [1.82, 2.24) is 15.2 Å². The summed E-state index contributed by atoms with van der Waals surface area (Å²) in [6.07, 6.45) is 1.92. The largest absolute Gasteiger partial charge is 0.466 e. The molecule has 0 aromatic carbocycles. The highest BCUT2D eigenvalue weighted by Crippen LogP contribution is 2.30. The summed E-state index contributed by atoms with van der Waals surface area (Å²) < 4.78 is 4.87. The Labute approximate surface area is 169 Å². The minimum absolute atomic E-state index is 0.0279. The normalized spacial score (nSPS) is 13.0. The molecular formula is C17H19N5O4S2. The van der Waals surface area contributed by atoms with E-state index in [9.17, 15) is 14.4 Å². The zero-order chi connectivity index (χ0) is 19.9. The van der Waals surface area contributed by atoms with Gasteiger partial charge in [0.25, 0.3) is 0 Å². The lowest BCUT2D eigenvalue weighted by Crippen LogP contribution is -2.15. The Morgan fingerprint density at radius 3 is 2.75 bits per heavy atom. The second-order valence-electron chi connectivity index (χ2n) is 5.98. The van der Waals surface area contributed by atoms with Crippen LogP contribution in [-0.2, 0) is 25.5 Å². The zero-order valence-corrected chi connectivity index (χ0v) is 16.8. The van der Waals surface area contributed by atoms with Gasteiger partial charge < -0.3 is 15.4 Å². The van der Waals surface area contributed by atoms with Gasteiger partial charge in [0, 0.05) is 11.3 Å². The van der Waals surface area contributed by atoms with Crippen molar-refractivity contribution in [3.8, 4) is 0 Å². The van der Waals surface area contributed by atoms with Crippen LogP contribution in [0.15, 0.2) is 22.5 Å². The summed E-state index contributed by atoms with van der Waals surface area (Å²) in [5, 5.41) is 16.0. The van der Waals surface area contributed by atoms with Crippen LogP contribution in [0.1, 0.15) is 25.5 Å². The van der Waals surface area contributed by atoms with Gasteiger partial charge in [-0.1, -0.05) is 11.8 Å². The average Bonchev–Trinajstić information content (AvgIpc) is 3.43. The lowest BCUT2D eigenvalue weighted by atomic mass is 10.3. The summed E-state index contributed by atoms with van der Waals surface area (Å²) in [7, 11) is 0. The third-order valence-electron chi connectivity index (χ3n) is 3.62. The van der Waals surface area contributed by atoms with Gasteiger partial charge in [-0.15, -0.1) is 21.5 Å². The van der Waals surface area contributed by atoms with E-state index in [2.05, 4.69) is 25.8 Å². The lowest BCUT2D eigenvalue weighted by molar-refractivity contribution is -0.142. The van der Waals surface area contributed by atoms with Crippen molar-refractivity contribution in [1.29, 1.82) is 0 Å². The van der Waals surface area contributed by atoms with Gasteiger partial charge in [0.15, 0.2) is 10.9 Å². The zero-order valence-electron chi connectivity index (χ0n) is 15.1. The number of thioether (sulfide) groups is 1. The highest BCUT2D eigenvalue weighted by atomic mass is 32.2. The van der Waals surface area contributed by atoms with E-state index in [0.29, 0.717) is 28.3 Å². The fourth-order valence-electron chi connectivity index (χ4n) is 2.14. The van der Waals surface area contributed by atoms with Crippen molar-refractivity contribution in [2.24, 2.45) is 5.92 Å². The Kier molecular flexibility index (Phi) is 6.93. The van der Waals surface area contributed by atoms with Crippen molar-refractivity contribution in [2.45, 2.75) is 31.2 Å². The molecule has 1 fully saturated rings. The molecule has 11 heteroatoms. The topological polar surface area (TPSA) is 123 Å². The summed E-state index contributed by atoms with van der Waals surface area (Å²) in [6.45, 7) is 2.06. The van der Waals surface area contributed by atoms with Crippen molar-refractivity contribution >= 4 is 51.8 Å². The van der Waals surface area contributed by atoms with E-state index in [-0.39, 0.29) is 35.9 Å². The van der Waals surface area contributed by atoms with E-state index in [1.54, 1.807) is 24.4 Å². The number of thiazole rings is 1. The fraction of sp³-hybridized carbons (Fsp3) is 0.412. The average molecular weight is 422 g/mol. The van der Waals surface area contributed by atoms with Crippen molar-refractivity contribution in [3.63, 3.8) is 0 Å². The van der Waals surface area contributed by atoms with Crippen LogP contribution in [0.4, 0.5) is 10.9 Å². The van der Waals surface area contributed by atoms with E-state index in [1.165, 1.54) is 23.1 Å². The maximum atomic E-state index is 12.1. The number of nitrogens with one attached hydrogen (secondary N) is 2. The van der Waals surface area contributed by atoms with Crippen molar-refractivity contribution in [3.05, 3.63) is 23.2 Å². The number of rotatable bonds is 9. The molecule has 0 radical (unpaired) electrons. The van der Waals surface area contributed by atoms with Crippen LogP contribution in [0.2, 0.25) is 0 Å². The van der Waals surface area contributed by atoms with Crippen LogP contribution >= 0.6 is 23.1 Å². The molecule has 2 aromatic heterocycles. The quantitative estimate of drug-likeness (QED) is 0.466. The molecule has 28 heavy (non-hydrogen) atoms. The number of amides is 2. The third kappa shape index (κ3) is 6.27. The molecule has 0 aliphatic heterocycles. The molecule has 0 atom stereocenters. The first-order chi connectivity index (χ1) is 13.5. The molecule has 9 nitrogen and oxygen atoms in total. The molecule has 0 saturated heterocycles. The van der Waals surface area contributed by atoms with E-state index in [1.807, 2.05) is 0 Å². The number of hydrogen-bond donors (Lipinski definition) is 2. The Bertz CT molecular complexity index is 851. The number of carbonyl (C=O) groups is 3. The third-order valence-corrected chi connectivity index (χ3v) is 5.35. The number of nitrogens with zero attached hydrogens (tertiary/aromatic N) is 3. The Morgan fingerprint density at radius 1 is 1.25 bits per heavy atom. The monoisotopic (exact) mass is 421 g/mol. The standard InChI is InChI=1S/C17H19N5O4S2/c1-2-26-15(24)7-11-8-28-17(18-11)20-13(23)9-27-14-6-5-12(21-22-14)19-16(25)10-3-4-10/h5-6,8,10H,2-4,7,9H2,1H3,(H,18,20,23)(H,19,21,25). The highest BCUT2D eigenvalue weighted by Gasteiger charge is 2.29. The molecule has 0 spiro atoms. The minimum atomic E-state index is -0.350. The maximum absolute atomic E-state index is 12.1. The van der Waals surface area contributed by atoms with Gasteiger partial charge in [-0.2, -0.15) is 0 Å². The summed E-state index contributed by atoms with van der Waals surface area (Å²) in [5.41, 5.74) is 0.557. The van der Waals surface area contributed by atoms with E-state index < -0.39 is 0 Å². The van der Waals surface area contributed by atoms with Gasteiger partial charge >= 0.3 is 5.97 Å². The van der Waals surface area contributed by atoms with Crippen LogP contribution < -0.4 is 10.6 Å². The van der Waals surface area contributed by atoms with Gasteiger partial charge in [-0.25, -0.2) is 4.98 Å². The van der Waals surface area contributed by atoms with Gasteiger partial charge in [0.05, 0.1) is 24.5 Å². The molecule has 2 heterocycles. The summed E-state index contributed by atoms with van der Waals surface area (Å²) in [6, 6.07) is 3.37. The predicted molar refractivity (Wildman–Crippen MR) is 105 cm³/mol. The minimum Gasteiger partial charge on any atom is -0.466 e. The van der Waals surface area contributed by atoms with Crippen LogP contribution in [0.25, 0.3) is 0 Å². The second kappa shape index (κ2) is 9.60. The number of carbonyl (C=O) groups excluding carboxylic acids is 3. The van der Waals surface area contributed by atoms with Gasteiger partial charge in [0.2, 0.25) is 11.8 Å². The first-order valence-corrected chi connectivity index (χ1v) is 10.6. The smallest absolute Gasteiger partial charge is 0.311 e. The van der Waals surface area contributed by atoms with E-state index >= 15 is 0 Å². The second-order valence-corrected chi connectivity index (χ2v) is 7.84. The Balaban J connectivity index is 1.42. The summed E-state index contributed by atoms with van der Waals surface area (Å²) in [5.74, 6) is 0.0205. The van der Waals surface area contributed by atoms with E-state index in [0.717, 1.165) is 12.8 Å². The molecule has 1 aliphatic carbocycles. The molecule has 2 aromatic rings. The number of aromatic nitrogens is 3. The molecule has 0 bridgehead atoms. The first-order valence-electron chi connectivity index (χ1n) is 8.70. The predicted octanol–water partition coefficient (Wildman–Crippen LogP) is 2.12. The van der Waals surface area contributed by atoms with Gasteiger partial charge in [-0.3, -0.25) is 14.4 Å². The molecule has 0 unspecified atom stereocenters. The summed E-state index contributed by atoms with van der Waals surface area (Å²) in [4.78, 5) is 39.4. The van der Waals surface area contributed by atoms with Crippen molar-refractivity contribution < 1.29 is 19.1 Å². The van der Waals surface area contributed by atoms with Crippen LogP contribution in [-0.4, -0.2) is 45.3 Å². The van der Waals surface area contributed by atoms with Crippen LogP contribution in [0.5, 0.6) is 0 Å². The molecule has 148 valence electrons. The maximum Gasteiger partial charge on any atom is 0.311 e. The molecule has 3 rings (SSSR count). The SMILES string of the molecule is CCOC(=O)Cc1csc(NC(=O)CSc2ccc(NC(=O)C3CC3)nn2)n1.